The molecular formula is C15H21N5OS2. The number of hydrogen-bond acceptors (Lipinski definition) is 7. The van der Waals surface area contributed by atoms with Crippen LogP contribution >= 0.6 is 23.1 Å². The fourth-order valence-electron chi connectivity index (χ4n) is 1.78. The molecule has 0 aliphatic carbocycles. The minimum Gasteiger partial charge on any atom is -0.378 e. The second kappa shape index (κ2) is 8.73. The molecule has 2 N–H and O–H groups in total. The lowest BCUT2D eigenvalue weighted by Gasteiger charge is -2.12. The first-order valence-electron chi connectivity index (χ1n) is 7.31. The van der Waals surface area contributed by atoms with Crippen LogP contribution in [0.5, 0.6) is 0 Å². The number of rotatable bonds is 8. The van der Waals surface area contributed by atoms with Crippen molar-refractivity contribution in [2.24, 2.45) is 0 Å². The summed E-state index contributed by atoms with van der Waals surface area (Å²) in [4.78, 5) is 13.9. The van der Waals surface area contributed by atoms with Crippen LogP contribution in [0.2, 0.25) is 0 Å². The van der Waals surface area contributed by atoms with Crippen LogP contribution in [0.15, 0.2) is 28.6 Å². The predicted molar refractivity (Wildman–Crippen MR) is 97.4 cm³/mol. The molecule has 0 aliphatic heterocycles. The van der Waals surface area contributed by atoms with Crippen molar-refractivity contribution < 1.29 is 4.79 Å². The zero-order chi connectivity index (χ0) is 16.7. The van der Waals surface area contributed by atoms with E-state index in [-0.39, 0.29) is 5.91 Å². The third kappa shape index (κ3) is 5.72. The molecule has 0 fully saturated rings. The number of aromatic nitrogens is 2. The Labute approximate surface area is 144 Å². The van der Waals surface area contributed by atoms with Crippen molar-refractivity contribution in [3.05, 3.63) is 29.8 Å². The molecule has 1 aromatic heterocycles. The molecule has 6 nitrogen and oxygen atoms in total. The van der Waals surface area contributed by atoms with E-state index in [0.29, 0.717) is 12.3 Å². The molecule has 1 heterocycles. The highest BCUT2D eigenvalue weighted by Crippen LogP contribution is 2.25. The fourth-order valence-corrected chi connectivity index (χ4v) is 3.43. The molecule has 0 atom stereocenters. The number of carbonyl (C=O) groups is 1. The van der Waals surface area contributed by atoms with Crippen molar-refractivity contribution in [3.63, 3.8) is 0 Å². The second-order valence-electron chi connectivity index (χ2n) is 5.03. The topological polar surface area (TPSA) is 70.1 Å². The van der Waals surface area contributed by atoms with Gasteiger partial charge in [0.05, 0.1) is 5.75 Å². The van der Waals surface area contributed by atoms with E-state index in [1.54, 1.807) is 0 Å². The van der Waals surface area contributed by atoms with Gasteiger partial charge >= 0.3 is 0 Å². The summed E-state index contributed by atoms with van der Waals surface area (Å²) < 4.78 is 0.798. The van der Waals surface area contributed by atoms with Crippen LogP contribution in [0.3, 0.4) is 0 Å². The largest absolute Gasteiger partial charge is 0.378 e. The van der Waals surface area contributed by atoms with Gasteiger partial charge in [0.2, 0.25) is 11.0 Å². The maximum atomic E-state index is 11.9. The molecule has 0 aliphatic rings. The van der Waals surface area contributed by atoms with Crippen LogP contribution in [0.1, 0.15) is 12.5 Å². The molecule has 1 aromatic carbocycles. The number of thioether (sulfide) groups is 1. The first kappa shape index (κ1) is 17.6. The Kier molecular flexibility index (Phi) is 6.66. The van der Waals surface area contributed by atoms with Crippen molar-refractivity contribution in [3.8, 4) is 0 Å². The van der Waals surface area contributed by atoms with Gasteiger partial charge in [-0.25, -0.2) is 0 Å². The Morgan fingerprint density at radius 3 is 2.65 bits per heavy atom. The van der Waals surface area contributed by atoms with Crippen LogP contribution in [0.25, 0.3) is 0 Å². The van der Waals surface area contributed by atoms with Crippen LogP contribution in [-0.4, -0.2) is 42.5 Å². The van der Waals surface area contributed by atoms with E-state index in [9.17, 15) is 4.79 Å². The van der Waals surface area contributed by atoms with Gasteiger partial charge in [0.25, 0.3) is 0 Å². The number of nitrogens with zero attached hydrogens (tertiary/aromatic N) is 3. The third-order valence-corrected chi connectivity index (χ3v) is 5.02. The summed E-state index contributed by atoms with van der Waals surface area (Å²) in [5.74, 6) is 0.336. The van der Waals surface area contributed by atoms with Gasteiger partial charge in [-0.1, -0.05) is 35.2 Å². The molecule has 1 amide bonds. The van der Waals surface area contributed by atoms with Gasteiger partial charge in [-0.2, -0.15) is 0 Å². The predicted octanol–water partition coefficient (Wildman–Crippen LogP) is 2.44. The fraction of sp³-hybridized carbons (Fsp3) is 0.400. The average Bonchev–Trinajstić information content (AvgIpc) is 2.99. The number of hydrogen-bond donors (Lipinski definition) is 2. The highest BCUT2D eigenvalue weighted by molar-refractivity contribution is 8.01. The summed E-state index contributed by atoms with van der Waals surface area (Å²) in [6, 6.07) is 8.13. The van der Waals surface area contributed by atoms with Gasteiger partial charge in [0.15, 0.2) is 4.34 Å². The van der Waals surface area contributed by atoms with Crippen molar-refractivity contribution >= 4 is 39.8 Å². The Morgan fingerprint density at radius 2 is 2.00 bits per heavy atom. The Morgan fingerprint density at radius 1 is 1.26 bits per heavy atom. The van der Waals surface area contributed by atoms with Gasteiger partial charge < -0.3 is 15.5 Å². The summed E-state index contributed by atoms with van der Waals surface area (Å²) in [6.07, 6.45) is 0. The standard InChI is InChI=1S/C15H21N5OS2/c1-4-16-14-18-19-15(23-14)22-10-13(21)17-9-11-5-7-12(8-6-11)20(2)3/h5-8H,4,9-10H2,1-3H3,(H,16,18)(H,17,21). The van der Waals surface area contributed by atoms with E-state index in [2.05, 4.69) is 20.8 Å². The lowest BCUT2D eigenvalue weighted by Crippen LogP contribution is -2.24. The average molecular weight is 352 g/mol. The number of anilines is 2. The van der Waals surface area contributed by atoms with E-state index in [0.717, 1.165) is 27.3 Å². The number of carbonyl (C=O) groups excluding carboxylic acids is 1. The van der Waals surface area contributed by atoms with Crippen LogP contribution in [-0.2, 0) is 11.3 Å². The quantitative estimate of drug-likeness (QED) is 0.712. The van der Waals surface area contributed by atoms with Gasteiger partial charge in [-0.15, -0.1) is 10.2 Å². The molecule has 0 unspecified atom stereocenters. The Hall–Kier alpha value is -1.80. The first-order chi connectivity index (χ1) is 11.1. The summed E-state index contributed by atoms with van der Waals surface area (Å²) in [7, 11) is 4.01. The molecule has 2 aromatic rings. The van der Waals surface area contributed by atoms with E-state index < -0.39 is 0 Å². The number of benzene rings is 1. The molecule has 0 spiro atoms. The Bertz CT molecular complexity index is 627. The zero-order valence-corrected chi connectivity index (χ0v) is 15.1. The smallest absolute Gasteiger partial charge is 0.230 e. The van der Waals surface area contributed by atoms with Crippen molar-refractivity contribution in [1.29, 1.82) is 0 Å². The summed E-state index contributed by atoms with van der Waals surface area (Å²) in [5.41, 5.74) is 2.22. The van der Waals surface area contributed by atoms with E-state index in [4.69, 9.17) is 0 Å². The van der Waals surface area contributed by atoms with E-state index >= 15 is 0 Å². The molecule has 0 saturated carbocycles. The minimum atomic E-state index is -0.00751. The van der Waals surface area contributed by atoms with Gasteiger partial charge in [0.1, 0.15) is 0 Å². The molecule has 0 saturated heterocycles. The molecule has 0 bridgehead atoms. The maximum absolute atomic E-state index is 11.9. The number of amides is 1. The SMILES string of the molecule is CCNc1nnc(SCC(=O)NCc2ccc(N(C)C)cc2)s1. The minimum absolute atomic E-state index is 0.00751. The molecule has 124 valence electrons. The maximum Gasteiger partial charge on any atom is 0.230 e. The van der Waals surface area contributed by atoms with Gasteiger partial charge in [-0.3, -0.25) is 4.79 Å². The van der Waals surface area contributed by atoms with Crippen molar-refractivity contribution in [1.82, 2.24) is 15.5 Å². The first-order valence-corrected chi connectivity index (χ1v) is 9.12. The van der Waals surface area contributed by atoms with E-state index in [1.165, 1.54) is 23.1 Å². The van der Waals surface area contributed by atoms with E-state index in [1.807, 2.05) is 50.2 Å². The third-order valence-electron chi connectivity index (χ3n) is 3.00. The van der Waals surface area contributed by atoms with Crippen LogP contribution in [0, 0.1) is 0 Å². The van der Waals surface area contributed by atoms with Crippen LogP contribution < -0.4 is 15.5 Å². The van der Waals surface area contributed by atoms with Crippen molar-refractivity contribution in [2.75, 3.05) is 36.6 Å². The van der Waals surface area contributed by atoms with Crippen molar-refractivity contribution in [2.45, 2.75) is 17.8 Å². The Balaban J connectivity index is 1.74. The molecule has 2 rings (SSSR count). The number of nitrogens with one attached hydrogen (secondary N) is 2. The highest BCUT2D eigenvalue weighted by Gasteiger charge is 2.07. The zero-order valence-electron chi connectivity index (χ0n) is 13.5. The summed E-state index contributed by atoms with van der Waals surface area (Å²) in [6.45, 7) is 3.35. The lowest BCUT2D eigenvalue weighted by molar-refractivity contribution is -0.118. The van der Waals surface area contributed by atoms with Gasteiger partial charge in [0, 0.05) is 32.9 Å². The highest BCUT2D eigenvalue weighted by atomic mass is 32.2. The molecular weight excluding hydrogens is 330 g/mol. The normalized spacial score (nSPS) is 10.4. The monoisotopic (exact) mass is 351 g/mol. The molecule has 0 radical (unpaired) electrons. The van der Waals surface area contributed by atoms with Crippen LogP contribution in [0.4, 0.5) is 10.8 Å². The molecule has 8 heteroatoms. The summed E-state index contributed by atoms with van der Waals surface area (Å²) >= 11 is 2.87. The van der Waals surface area contributed by atoms with Gasteiger partial charge in [-0.05, 0) is 24.6 Å². The summed E-state index contributed by atoms with van der Waals surface area (Å²) in [5, 5.41) is 14.8. The lowest BCUT2D eigenvalue weighted by atomic mass is 10.2. The second-order valence-corrected chi connectivity index (χ2v) is 7.23. The molecule has 23 heavy (non-hydrogen) atoms.